The van der Waals surface area contributed by atoms with Crippen LogP contribution in [0.15, 0.2) is 18.2 Å². The molecule has 0 radical (unpaired) electrons. The summed E-state index contributed by atoms with van der Waals surface area (Å²) in [4.78, 5) is 16.3. The maximum Gasteiger partial charge on any atom is 0.245 e. The quantitative estimate of drug-likeness (QED) is 0.831. The lowest BCUT2D eigenvalue weighted by Crippen LogP contribution is -2.50. The van der Waals surface area contributed by atoms with Crippen LogP contribution in [0.3, 0.4) is 0 Å². The fraction of sp³-hybridized carbons (Fsp3) is 0.500. The molecule has 1 aromatic carbocycles. The van der Waals surface area contributed by atoms with Crippen molar-refractivity contribution < 1.29 is 13.9 Å². The van der Waals surface area contributed by atoms with Crippen molar-refractivity contribution in [3.63, 3.8) is 0 Å². The summed E-state index contributed by atoms with van der Waals surface area (Å²) in [5.74, 6) is -0.398. The molecule has 1 atom stereocenters. The number of halogens is 1. The Hall–Kier alpha value is -2.13. The number of rotatable bonds is 2. The number of morpholine rings is 1. The van der Waals surface area contributed by atoms with Crippen LogP contribution in [0.25, 0.3) is 0 Å². The monoisotopic (exact) mass is 303 g/mol. The number of hydrogen-bond acceptors (Lipinski definition) is 4. The van der Waals surface area contributed by atoms with Crippen molar-refractivity contribution in [2.45, 2.75) is 18.9 Å². The Morgan fingerprint density at radius 1 is 1.32 bits per heavy atom. The Kier molecular flexibility index (Phi) is 4.25. The molecule has 2 heterocycles. The first-order valence-corrected chi connectivity index (χ1v) is 7.53. The van der Waals surface area contributed by atoms with E-state index in [-0.39, 0.29) is 17.5 Å². The molecule has 22 heavy (non-hydrogen) atoms. The van der Waals surface area contributed by atoms with E-state index in [4.69, 9.17) is 10.00 Å². The first-order chi connectivity index (χ1) is 10.7. The van der Waals surface area contributed by atoms with Gasteiger partial charge in [-0.2, -0.15) is 5.26 Å². The van der Waals surface area contributed by atoms with Crippen molar-refractivity contribution in [3.8, 4) is 6.07 Å². The molecule has 5 nitrogen and oxygen atoms in total. The smallest absolute Gasteiger partial charge is 0.245 e. The highest BCUT2D eigenvalue weighted by Gasteiger charge is 2.35. The van der Waals surface area contributed by atoms with Gasteiger partial charge in [-0.15, -0.1) is 0 Å². The van der Waals surface area contributed by atoms with Crippen LogP contribution in [-0.4, -0.2) is 49.7 Å². The van der Waals surface area contributed by atoms with Gasteiger partial charge in [0.25, 0.3) is 0 Å². The van der Waals surface area contributed by atoms with E-state index < -0.39 is 5.82 Å². The lowest BCUT2D eigenvalue weighted by atomic mass is 10.1. The molecule has 116 valence electrons. The molecular weight excluding hydrogens is 285 g/mol. The summed E-state index contributed by atoms with van der Waals surface area (Å²) in [5.41, 5.74) is 0.694. The zero-order chi connectivity index (χ0) is 15.5. The first-order valence-electron chi connectivity index (χ1n) is 7.53. The van der Waals surface area contributed by atoms with Gasteiger partial charge in [-0.05, 0) is 31.0 Å². The lowest BCUT2D eigenvalue weighted by Gasteiger charge is -2.33. The predicted molar refractivity (Wildman–Crippen MR) is 78.9 cm³/mol. The van der Waals surface area contributed by atoms with Crippen molar-refractivity contribution in [2.75, 3.05) is 37.7 Å². The second-order valence-electron chi connectivity index (χ2n) is 5.57. The van der Waals surface area contributed by atoms with Gasteiger partial charge in [0.15, 0.2) is 0 Å². The molecule has 0 aromatic heterocycles. The minimum absolute atomic E-state index is 0.0459. The average Bonchev–Trinajstić information content (AvgIpc) is 3.04. The summed E-state index contributed by atoms with van der Waals surface area (Å²) >= 11 is 0. The molecule has 0 bridgehead atoms. The van der Waals surface area contributed by atoms with Crippen molar-refractivity contribution in [3.05, 3.63) is 29.6 Å². The summed E-state index contributed by atoms with van der Waals surface area (Å²) in [6.45, 7) is 2.97. The highest BCUT2D eigenvalue weighted by atomic mass is 19.1. The van der Waals surface area contributed by atoms with Crippen LogP contribution in [0.5, 0.6) is 0 Å². The van der Waals surface area contributed by atoms with Gasteiger partial charge in [-0.3, -0.25) is 4.79 Å². The third-order valence-corrected chi connectivity index (χ3v) is 4.25. The van der Waals surface area contributed by atoms with Crippen LogP contribution in [0.4, 0.5) is 10.1 Å². The predicted octanol–water partition coefficient (Wildman–Crippen LogP) is 1.52. The molecule has 1 unspecified atom stereocenters. The van der Waals surface area contributed by atoms with E-state index in [9.17, 15) is 9.18 Å². The Labute approximate surface area is 128 Å². The second kappa shape index (κ2) is 6.32. The number of hydrogen-bond donors (Lipinski definition) is 0. The molecule has 1 aromatic rings. The first kappa shape index (κ1) is 14.8. The van der Waals surface area contributed by atoms with Gasteiger partial charge in [0, 0.05) is 19.6 Å². The number of amides is 1. The van der Waals surface area contributed by atoms with Gasteiger partial charge >= 0.3 is 0 Å². The summed E-state index contributed by atoms with van der Waals surface area (Å²) in [7, 11) is 0. The van der Waals surface area contributed by atoms with Crippen molar-refractivity contribution in [2.24, 2.45) is 0 Å². The van der Waals surface area contributed by atoms with E-state index in [0.29, 0.717) is 38.5 Å². The number of nitriles is 1. The van der Waals surface area contributed by atoms with E-state index in [1.807, 2.05) is 11.0 Å². The van der Waals surface area contributed by atoms with Gasteiger partial charge in [-0.1, -0.05) is 0 Å². The maximum absolute atomic E-state index is 14.2. The summed E-state index contributed by atoms with van der Waals surface area (Å²) < 4.78 is 19.5. The number of anilines is 1. The van der Waals surface area contributed by atoms with Gasteiger partial charge < -0.3 is 14.5 Å². The minimum Gasteiger partial charge on any atom is -0.378 e. The molecule has 0 saturated carbocycles. The Balaban J connectivity index is 1.81. The Morgan fingerprint density at radius 2 is 2.09 bits per heavy atom. The van der Waals surface area contributed by atoms with Gasteiger partial charge in [0.05, 0.1) is 30.5 Å². The van der Waals surface area contributed by atoms with Crippen LogP contribution in [0.1, 0.15) is 18.4 Å². The van der Waals surface area contributed by atoms with Crippen LogP contribution in [0, 0.1) is 17.1 Å². The van der Waals surface area contributed by atoms with Crippen molar-refractivity contribution >= 4 is 11.6 Å². The highest BCUT2D eigenvalue weighted by molar-refractivity contribution is 5.86. The normalized spacial score (nSPS) is 21.7. The largest absolute Gasteiger partial charge is 0.378 e. The molecule has 2 aliphatic rings. The van der Waals surface area contributed by atoms with E-state index in [1.54, 1.807) is 17.0 Å². The lowest BCUT2D eigenvalue weighted by molar-refractivity contribution is -0.136. The molecular formula is C16H18FN3O2. The van der Waals surface area contributed by atoms with Crippen LogP contribution in [-0.2, 0) is 9.53 Å². The van der Waals surface area contributed by atoms with E-state index in [2.05, 4.69) is 0 Å². The summed E-state index contributed by atoms with van der Waals surface area (Å²) in [5, 5.41) is 8.83. The SMILES string of the molecule is N#Cc1ccc(N2CCCC2C(=O)N2CCOCC2)c(F)c1. The number of benzene rings is 1. The zero-order valence-corrected chi connectivity index (χ0v) is 12.3. The molecule has 0 N–H and O–H groups in total. The Morgan fingerprint density at radius 3 is 2.77 bits per heavy atom. The van der Waals surface area contributed by atoms with E-state index >= 15 is 0 Å². The van der Waals surface area contributed by atoms with Crippen LogP contribution in [0.2, 0.25) is 0 Å². The third kappa shape index (κ3) is 2.77. The van der Waals surface area contributed by atoms with Gasteiger partial charge in [-0.25, -0.2) is 4.39 Å². The highest BCUT2D eigenvalue weighted by Crippen LogP contribution is 2.29. The average molecular weight is 303 g/mol. The van der Waals surface area contributed by atoms with Gasteiger partial charge in [0.2, 0.25) is 5.91 Å². The second-order valence-corrected chi connectivity index (χ2v) is 5.57. The number of carbonyl (C=O) groups excluding carboxylic acids is 1. The molecule has 2 fully saturated rings. The standard InChI is InChI=1S/C16H18FN3O2/c17-13-10-12(11-18)3-4-14(13)20-5-1-2-15(20)16(21)19-6-8-22-9-7-19/h3-4,10,15H,1-2,5-9H2. The van der Waals surface area contributed by atoms with Crippen LogP contribution >= 0.6 is 0 Å². The van der Waals surface area contributed by atoms with E-state index in [1.165, 1.54) is 6.07 Å². The number of carbonyl (C=O) groups is 1. The molecule has 0 spiro atoms. The van der Waals surface area contributed by atoms with E-state index in [0.717, 1.165) is 12.8 Å². The van der Waals surface area contributed by atoms with Crippen LogP contribution < -0.4 is 4.90 Å². The fourth-order valence-corrected chi connectivity index (χ4v) is 3.12. The fourth-order valence-electron chi connectivity index (χ4n) is 3.12. The maximum atomic E-state index is 14.2. The minimum atomic E-state index is -0.444. The topological polar surface area (TPSA) is 56.6 Å². The summed E-state index contributed by atoms with van der Waals surface area (Å²) in [6.07, 6.45) is 1.59. The molecule has 1 amide bonds. The Bertz CT molecular complexity index is 608. The molecule has 6 heteroatoms. The molecule has 2 aliphatic heterocycles. The molecule has 0 aliphatic carbocycles. The number of nitrogens with zero attached hydrogens (tertiary/aromatic N) is 3. The van der Waals surface area contributed by atoms with Crippen molar-refractivity contribution in [1.82, 2.24) is 4.90 Å². The molecule has 2 saturated heterocycles. The number of ether oxygens (including phenoxy) is 1. The van der Waals surface area contributed by atoms with Crippen molar-refractivity contribution in [1.29, 1.82) is 5.26 Å². The summed E-state index contributed by atoms with van der Waals surface area (Å²) in [6, 6.07) is 6.02. The third-order valence-electron chi connectivity index (χ3n) is 4.25. The molecule has 3 rings (SSSR count). The van der Waals surface area contributed by atoms with Gasteiger partial charge in [0.1, 0.15) is 11.9 Å². The zero-order valence-electron chi connectivity index (χ0n) is 12.3.